The molecule has 8 heteroatoms. The van der Waals surface area contributed by atoms with Crippen molar-refractivity contribution in [1.82, 2.24) is 10.6 Å². The van der Waals surface area contributed by atoms with Gasteiger partial charge in [-0.05, 0) is 69.9 Å². The van der Waals surface area contributed by atoms with Crippen LogP contribution in [0.2, 0.25) is 0 Å². The molecule has 0 radical (unpaired) electrons. The number of aliphatic hydroxyl groups excluding tert-OH is 2. The lowest BCUT2D eigenvalue weighted by atomic mass is 10.1. The third-order valence-corrected chi connectivity index (χ3v) is 6.45. The van der Waals surface area contributed by atoms with Gasteiger partial charge in [0.2, 0.25) is 0 Å². The Morgan fingerprint density at radius 2 is 0.971 bits per heavy atom. The highest BCUT2D eigenvalue weighted by Crippen LogP contribution is 2.21. The van der Waals surface area contributed by atoms with Crippen LogP contribution in [0.3, 0.4) is 0 Å². The molecule has 202 valence electrons. The SMILES string of the molecule is O=C(N[C@H]1CCC[C@H]1NC(=O)/C(F)=C\CCCCCCCCO)/C(F)=C/CCCCCCCCO. The maximum absolute atomic E-state index is 14.2. The van der Waals surface area contributed by atoms with Crippen molar-refractivity contribution in [2.45, 2.75) is 121 Å². The van der Waals surface area contributed by atoms with Crippen molar-refractivity contribution in [1.29, 1.82) is 0 Å². The Kier molecular flexibility index (Phi) is 18.2. The summed E-state index contributed by atoms with van der Waals surface area (Å²) < 4.78 is 28.4. The van der Waals surface area contributed by atoms with Crippen LogP contribution in [0.15, 0.2) is 23.8 Å². The maximum atomic E-state index is 14.2. The molecule has 1 rings (SSSR count). The summed E-state index contributed by atoms with van der Waals surface area (Å²) in [7, 11) is 0. The monoisotopic (exact) mass is 500 g/mol. The zero-order valence-corrected chi connectivity index (χ0v) is 21.2. The lowest BCUT2D eigenvalue weighted by molar-refractivity contribution is -0.122. The lowest BCUT2D eigenvalue weighted by Crippen LogP contribution is -2.48. The van der Waals surface area contributed by atoms with E-state index in [0.717, 1.165) is 83.5 Å². The van der Waals surface area contributed by atoms with Crippen LogP contribution in [0, 0.1) is 0 Å². The molecule has 2 atom stereocenters. The van der Waals surface area contributed by atoms with Gasteiger partial charge in [0.05, 0.1) is 0 Å². The van der Waals surface area contributed by atoms with Crippen molar-refractivity contribution in [3.8, 4) is 0 Å². The van der Waals surface area contributed by atoms with Crippen LogP contribution in [0.4, 0.5) is 8.78 Å². The van der Waals surface area contributed by atoms with E-state index in [-0.39, 0.29) is 13.2 Å². The third kappa shape index (κ3) is 15.0. The number of rotatable bonds is 20. The predicted octanol–water partition coefficient (Wildman–Crippen LogP) is 5.29. The van der Waals surface area contributed by atoms with Gasteiger partial charge in [0.15, 0.2) is 11.7 Å². The number of nitrogens with one attached hydrogen (secondary N) is 2. The first-order valence-electron chi connectivity index (χ1n) is 13.5. The number of carbonyl (C=O) groups excluding carboxylic acids is 2. The molecule has 4 N–H and O–H groups in total. The van der Waals surface area contributed by atoms with Gasteiger partial charge in [0.1, 0.15) is 0 Å². The van der Waals surface area contributed by atoms with Gasteiger partial charge in [-0.1, -0.05) is 51.4 Å². The first-order valence-corrected chi connectivity index (χ1v) is 13.5. The molecule has 1 fully saturated rings. The van der Waals surface area contributed by atoms with Crippen LogP contribution >= 0.6 is 0 Å². The Hall–Kier alpha value is -1.80. The largest absolute Gasteiger partial charge is 0.396 e. The summed E-state index contributed by atoms with van der Waals surface area (Å²) in [4.78, 5) is 24.4. The van der Waals surface area contributed by atoms with Gasteiger partial charge in [-0.2, -0.15) is 0 Å². The van der Waals surface area contributed by atoms with E-state index >= 15 is 0 Å². The molecule has 1 saturated carbocycles. The van der Waals surface area contributed by atoms with Crippen LogP contribution in [0.1, 0.15) is 109 Å². The molecule has 0 aromatic carbocycles. The smallest absolute Gasteiger partial charge is 0.279 e. The first kappa shape index (κ1) is 31.2. The van der Waals surface area contributed by atoms with Crippen LogP contribution in [-0.2, 0) is 9.59 Å². The number of halogens is 2. The van der Waals surface area contributed by atoms with Crippen molar-refractivity contribution in [2.24, 2.45) is 0 Å². The molecule has 2 amide bonds. The minimum Gasteiger partial charge on any atom is -0.396 e. The van der Waals surface area contributed by atoms with E-state index in [4.69, 9.17) is 10.2 Å². The molecule has 1 aliphatic carbocycles. The average molecular weight is 501 g/mol. The maximum Gasteiger partial charge on any atom is 0.279 e. The Morgan fingerprint density at radius 3 is 1.34 bits per heavy atom. The zero-order valence-electron chi connectivity index (χ0n) is 21.2. The van der Waals surface area contributed by atoms with Gasteiger partial charge < -0.3 is 20.8 Å². The first-order chi connectivity index (χ1) is 17.0. The summed E-state index contributed by atoms with van der Waals surface area (Å²) >= 11 is 0. The van der Waals surface area contributed by atoms with Crippen molar-refractivity contribution in [3.63, 3.8) is 0 Å². The van der Waals surface area contributed by atoms with Gasteiger partial charge in [-0.15, -0.1) is 0 Å². The molecule has 1 aliphatic rings. The van der Waals surface area contributed by atoms with E-state index < -0.39 is 35.6 Å². The van der Waals surface area contributed by atoms with Gasteiger partial charge >= 0.3 is 0 Å². The second kappa shape index (κ2) is 20.4. The summed E-state index contributed by atoms with van der Waals surface area (Å²) in [5.74, 6) is -3.20. The van der Waals surface area contributed by atoms with Crippen molar-refractivity contribution in [3.05, 3.63) is 23.8 Å². The molecule has 0 aliphatic heterocycles. The van der Waals surface area contributed by atoms with Crippen LogP contribution in [0.5, 0.6) is 0 Å². The Labute approximate surface area is 209 Å². The fraction of sp³-hybridized carbons (Fsp3) is 0.778. The van der Waals surface area contributed by atoms with Gasteiger partial charge in [0.25, 0.3) is 11.8 Å². The number of allylic oxidation sites excluding steroid dienone is 2. The molecular formula is C27H46F2N2O4. The molecule has 0 aromatic heterocycles. The number of carbonyl (C=O) groups is 2. The molecule has 0 saturated heterocycles. The summed E-state index contributed by atoms with van der Waals surface area (Å²) in [6.45, 7) is 0.433. The molecule has 0 bridgehead atoms. The Bertz CT molecular complexity index is 601. The second-order valence-electron chi connectivity index (χ2n) is 9.46. The molecule has 6 nitrogen and oxygen atoms in total. The summed E-state index contributed by atoms with van der Waals surface area (Å²) in [5, 5.41) is 22.8. The van der Waals surface area contributed by atoms with E-state index in [1.807, 2.05) is 0 Å². The van der Waals surface area contributed by atoms with Gasteiger partial charge in [0, 0.05) is 25.3 Å². The Balaban J connectivity index is 2.30. The quantitative estimate of drug-likeness (QED) is 0.135. The highest BCUT2D eigenvalue weighted by Gasteiger charge is 2.31. The minimum absolute atomic E-state index is 0.216. The van der Waals surface area contributed by atoms with Crippen LogP contribution in [0.25, 0.3) is 0 Å². The number of unbranched alkanes of at least 4 members (excludes halogenated alkanes) is 12. The number of aliphatic hydroxyl groups is 2. The van der Waals surface area contributed by atoms with Gasteiger partial charge in [-0.25, -0.2) is 8.78 Å². The highest BCUT2D eigenvalue weighted by molar-refractivity contribution is 5.92. The molecule has 0 heterocycles. The summed E-state index contributed by atoms with van der Waals surface area (Å²) in [6, 6.07) is -0.826. The third-order valence-electron chi connectivity index (χ3n) is 6.45. The molecule has 35 heavy (non-hydrogen) atoms. The second-order valence-corrected chi connectivity index (χ2v) is 9.46. The Morgan fingerprint density at radius 1 is 0.629 bits per heavy atom. The van der Waals surface area contributed by atoms with Crippen LogP contribution in [-0.4, -0.2) is 47.3 Å². The van der Waals surface area contributed by atoms with Gasteiger partial charge in [-0.3, -0.25) is 9.59 Å². The van der Waals surface area contributed by atoms with E-state index in [2.05, 4.69) is 10.6 Å². The van der Waals surface area contributed by atoms with Crippen LogP contribution < -0.4 is 10.6 Å². The number of amides is 2. The fourth-order valence-electron chi connectivity index (χ4n) is 4.35. The summed E-state index contributed by atoms with van der Waals surface area (Å²) in [5.41, 5.74) is 0. The highest BCUT2D eigenvalue weighted by atomic mass is 19.1. The van der Waals surface area contributed by atoms with E-state index in [9.17, 15) is 18.4 Å². The molecule has 0 unspecified atom stereocenters. The minimum atomic E-state index is -0.815. The molecule has 0 aromatic rings. The fourth-order valence-corrected chi connectivity index (χ4v) is 4.35. The zero-order chi connectivity index (χ0) is 25.7. The number of hydrogen-bond acceptors (Lipinski definition) is 4. The number of hydrogen-bond donors (Lipinski definition) is 4. The molecule has 0 spiro atoms. The van der Waals surface area contributed by atoms with E-state index in [0.29, 0.717) is 25.7 Å². The topological polar surface area (TPSA) is 98.7 Å². The lowest BCUT2D eigenvalue weighted by Gasteiger charge is -2.21. The molecular weight excluding hydrogens is 454 g/mol. The van der Waals surface area contributed by atoms with Crippen molar-refractivity contribution >= 4 is 11.8 Å². The van der Waals surface area contributed by atoms with E-state index in [1.54, 1.807) is 0 Å². The summed E-state index contributed by atoms with van der Waals surface area (Å²) in [6.07, 6.45) is 16.9. The van der Waals surface area contributed by atoms with Crippen molar-refractivity contribution in [2.75, 3.05) is 13.2 Å². The van der Waals surface area contributed by atoms with Crippen molar-refractivity contribution < 1.29 is 28.6 Å². The predicted molar refractivity (Wildman–Crippen MR) is 135 cm³/mol. The van der Waals surface area contributed by atoms with E-state index in [1.165, 1.54) is 12.2 Å². The normalized spacial score (nSPS) is 18.6. The standard InChI is InChI=1S/C27H46F2N2O4/c28-22(16-11-7-3-1-5-9-13-20-32)26(34)30-24-18-15-19-25(24)31-27(35)23(29)17-12-8-4-2-6-10-14-21-33/h16-17,24-25,32-33H,1-15,18-21H2,(H,30,34)(H,31,35)/b22-16-,23-17+/t24-,25+/m0/s1. The average Bonchev–Trinajstić information content (AvgIpc) is 3.28.